The van der Waals surface area contributed by atoms with Crippen LogP contribution in [0.4, 0.5) is 11.4 Å². The second kappa shape index (κ2) is 7.60. The average Bonchev–Trinajstić information content (AvgIpc) is 3.28. The molecule has 30 heavy (non-hydrogen) atoms. The Balaban J connectivity index is 1.40. The number of morpholine rings is 1. The van der Waals surface area contributed by atoms with Crippen molar-refractivity contribution in [2.75, 3.05) is 36.5 Å². The summed E-state index contributed by atoms with van der Waals surface area (Å²) in [6.45, 7) is 5.91. The molecule has 2 aliphatic carbocycles. The van der Waals surface area contributed by atoms with Gasteiger partial charge in [-0.25, -0.2) is 0 Å². The summed E-state index contributed by atoms with van der Waals surface area (Å²) < 4.78 is 5.58. The first-order valence-electron chi connectivity index (χ1n) is 12.1. The van der Waals surface area contributed by atoms with Crippen LogP contribution >= 0.6 is 0 Å². The van der Waals surface area contributed by atoms with Gasteiger partial charge in [-0.15, -0.1) is 0 Å². The van der Waals surface area contributed by atoms with E-state index in [-0.39, 0.29) is 0 Å². The molecule has 0 amide bonds. The van der Waals surface area contributed by atoms with Gasteiger partial charge in [0.05, 0.1) is 19.3 Å². The SMILES string of the molecule is Cc1ccc(C2Nc3ccc(N4CCOCC4)cc3C3CCC4CCCC4C32)cc1. The van der Waals surface area contributed by atoms with E-state index in [9.17, 15) is 0 Å². The number of rotatable bonds is 2. The molecule has 0 bridgehead atoms. The van der Waals surface area contributed by atoms with Crippen molar-refractivity contribution in [3.05, 3.63) is 59.2 Å². The summed E-state index contributed by atoms with van der Waals surface area (Å²) in [5, 5.41) is 4.03. The van der Waals surface area contributed by atoms with Crippen molar-refractivity contribution in [1.29, 1.82) is 0 Å². The molecule has 4 aliphatic rings. The van der Waals surface area contributed by atoms with Gasteiger partial charge in [0.1, 0.15) is 0 Å². The topological polar surface area (TPSA) is 24.5 Å². The zero-order valence-corrected chi connectivity index (χ0v) is 18.1. The smallest absolute Gasteiger partial charge is 0.0642 e. The van der Waals surface area contributed by atoms with Crippen LogP contribution in [0.2, 0.25) is 0 Å². The third-order valence-corrected chi connectivity index (χ3v) is 8.47. The molecule has 1 N–H and O–H groups in total. The Labute approximate surface area is 180 Å². The maximum Gasteiger partial charge on any atom is 0.0642 e. The van der Waals surface area contributed by atoms with Crippen LogP contribution in [-0.2, 0) is 4.74 Å². The number of hydrogen-bond acceptors (Lipinski definition) is 3. The normalized spacial score (nSPS) is 32.7. The fraction of sp³-hybridized carbons (Fsp3) is 0.556. The predicted octanol–water partition coefficient (Wildman–Crippen LogP) is 5.91. The van der Waals surface area contributed by atoms with Crippen molar-refractivity contribution < 1.29 is 4.74 Å². The van der Waals surface area contributed by atoms with Crippen LogP contribution in [0, 0.1) is 24.7 Å². The average molecular weight is 403 g/mol. The molecule has 158 valence electrons. The molecule has 3 fully saturated rings. The molecule has 2 aromatic rings. The lowest BCUT2D eigenvalue weighted by Crippen LogP contribution is -2.41. The van der Waals surface area contributed by atoms with Crippen LogP contribution in [0.3, 0.4) is 0 Å². The minimum atomic E-state index is 0.447. The Kier molecular flexibility index (Phi) is 4.75. The van der Waals surface area contributed by atoms with E-state index in [0.29, 0.717) is 12.0 Å². The van der Waals surface area contributed by atoms with E-state index in [1.807, 2.05) is 0 Å². The van der Waals surface area contributed by atoms with Gasteiger partial charge in [-0.1, -0.05) is 42.7 Å². The van der Waals surface area contributed by atoms with E-state index in [2.05, 4.69) is 59.6 Å². The van der Waals surface area contributed by atoms with Crippen molar-refractivity contribution in [1.82, 2.24) is 0 Å². The second-order valence-electron chi connectivity index (χ2n) is 10.0. The highest BCUT2D eigenvalue weighted by Crippen LogP contribution is 2.59. The summed E-state index contributed by atoms with van der Waals surface area (Å²) in [5.41, 5.74) is 7.17. The number of fused-ring (bicyclic) bond motifs is 5. The number of anilines is 2. The van der Waals surface area contributed by atoms with Gasteiger partial charge in [-0.2, -0.15) is 0 Å². The number of ether oxygens (including phenoxy) is 1. The molecule has 5 atom stereocenters. The molecular weight excluding hydrogens is 368 g/mol. The van der Waals surface area contributed by atoms with Crippen LogP contribution in [0.1, 0.15) is 60.8 Å². The quantitative estimate of drug-likeness (QED) is 0.676. The van der Waals surface area contributed by atoms with Gasteiger partial charge in [0.15, 0.2) is 0 Å². The lowest BCUT2D eigenvalue weighted by atomic mass is 9.60. The molecule has 3 nitrogen and oxygen atoms in total. The van der Waals surface area contributed by atoms with Crippen LogP contribution in [0.5, 0.6) is 0 Å². The van der Waals surface area contributed by atoms with Gasteiger partial charge < -0.3 is 15.0 Å². The molecule has 2 aromatic carbocycles. The van der Waals surface area contributed by atoms with Crippen molar-refractivity contribution >= 4 is 11.4 Å². The lowest BCUT2D eigenvalue weighted by molar-refractivity contribution is 0.122. The van der Waals surface area contributed by atoms with E-state index in [1.54, 1.807) is 5.56 Å². The molecule has 2 saturated carbocycles. The van der Waals surface area contributed by atoms with E-state index < -0.39 is 0 Å². The molecule has 1 saturated heterocycles. The second-order valence-corrected chi connectivity index (χ2v) is 10.0. The molecule has 3 heteroatoms. The third-order valence-electron chi connectivity index (χ3n) is 8.47. The van der Waals surface area contributed by atoms with Crippen LogP contribution < -0.4 is 10.2 Å². The zero-order chi connectivity index (χ0) is 20.1. The number of benzene rings is 2. The first-order chi connectivity index (χ1) is 14.8. The standard InChI is InChI=1S/C27H34N2O/c1-18-5-7-20(8-6-18)27-26-22-4-2-3-19(22)9-11-23(26)24-17-21(10-12-25(24)28-27)29-13-15-30-16-14-29/h5-8,10,12,17,19,22-23,26-28H,2-4,9,11,13-16H2,1H3. The lowest BCUT2D eigenvalue weighted by Gasteiger charge is -2.49. The zero-order valence-electron chi connectivity index (χ0n) is 18.1. The minimum Gasteiger partial charge on any atom is -0.378 e. The number of nitrogens with one attached hydrogen (secondary N) is 1. The van der Waals surface area contributed by atoms with Gasteiger partial charge >= 0.3 is 0 Å². The van der Waals surface area contributed by atoms with Crippen molar-refractivity contribution in [2.24, 2.45) is 17.8 Å². The first kappa shape index (κ1) is 18.7. The number of aryl methyl sites for hydroxylation is 1. The maximum atomic E-state index is 5.58. The highest BCUT2D eigenvalue weighted by molar-refractivity contribution is 5.65. The molecule has 6 rings (SSSR count). The molecule has 0 radical (unpaired) electrons. The molecule has 2 heterocycles. The molecule has 0 spiro atoms. The Morgan fingerprint density at radius 3 is 2.60 bits per heavy atom. The largest absolute Gasteiger partial charge is 0.378 e. The fourth-order valence-electron chi connectivity index (χ4n) is 7.01. The fourth-order valence-corrected chi connectivity index (χ4v) is 7.01. The van der Waals surface area contributed by atoms with Crippen LogP contribution in [-0.4, -0.2) is 26.3 Å². The summed E-state index contributed by atoms with van der Waals surface area (Å²) >= 11 is 0. The van der Waals surface area contributed by atoms with Crippen LogP contribution in [0.25, 0.3) is 0 Å². The number of nitrogens with zero attached hydrogens (tertiary/aromatic N) is 1. The van der Waals surface area contributed by atoms with E-state index in [4.69, 9.17) is 4.74 Å². The third kappa shape index (κ3) is 3.13. The highest BCUT2D eigenvalue weighted by Gasteiger charge is 2.48. The Hall–Kier alpha value is -2.00. The van der Waals surface area contributed by atoms with Gasteiger partial charge in [0, 0.05) is 24.5 Å². The molecular formula is C27H34N2O. The van der Waals surface area contributed by atoms with E-state index >= 15 is 0 Å². The maximum absolute atomic E-state index is 5.58. The van der Waals surface area contributed by atoms with Crippen molar-refractivity contribution in [2.45, 2.75) is 51.0 Å². The highest BCUT2D eigenvalue weighted by atomic mass is 16.5. The molecule has 0 aromatic heterocycles. The summed E-state index contributed by atoms with van der Waals surface area (Å²) in [7, 11) is 0. The Morgan fingerprint density at radius 2 is 1.77 bits per heavy atom. The monoisotopic (exact) mass is 402 g/mol. The van der Waals surface area contributed by atoms with Crippen molar-refractivity contribution in [3.63, 3.8) is 0 Å². The summed E-state index contributed by atoms with van der Waals surface area (Å²) in [6.07, 6.45) is 7.09. The molecule has 2 aliphatic heterocycles. The summed E-state index contributed by atoms with van der Waals surface area (Å²) in [6, 6.07) is 17.0. The summed E-state index contributed by atoms with van der Waals surface area (Å²) in [4.78, 5) is 2.51. The predicted molar refractivity (Wildman–Crippen MR) is 123 cm³/mol. The van der Waals surface area contributed by atoms with Gasteiger partial charge in [-0.3, -0.25) is 0 Å². The first-order valence-corrected chi connectivity index (χ1v) is 12.1. The van der Waals surface area contributed by atoms with E-state index in [1.165, 1.54) is 54.6 Å². The van der Waals surface area contributed by atoms with Gasteiger partial charge in [0.25, 0.3) is 0 Å². The Morgan fingerprint density at radius 1 is 0.933 bits per heavy atom. The number of hydrogen-bond donors (Lipinski definition) is 1. The van der Waals surface area contributed by atoms with Gasteiger partial charge in [0.2, 0.25) is 0 Å². The summed E-state index contributed by atoms with van der Waals surface area (Å²) in [5.74, 6) is 3.24. The van der Waals surface area contributed by atoms with Crippen molar-refractivity contribution in [3.8, 4) is 0 Å². The minimum absolute atomic E-state index is 0.447. The van der Waals surface area contributed by atoms with Gasteiger partial charge in [-0.05, 0) is 79.2 Å². The van der Waals surface area contributed by atoms with Crippen LogP contribution in [0.15, 0.2) is 42.5 Å². The molecule has 5 unspecified atom stereocenters. The van der Waals surface area contributed by atoms with E-state index in [0.717, 1.165) is 44.1 Å². The Bertz CT molecular complexity index is 902.